The molecule has 0 aliphatic heterocycles. The summed E-state index contributed by atoms with van der Waals surface area (Å²) in [5, 5.41) is 9.59. The van der Waals surface area contributed by atoms with Crippen molar-refractivity contribution in [2.24, 2.45) is 0 Å². The fourth-order valence-electron chi connectivity index (χ4n) is 2.42. The number of rotatable bonds is 8. The molecule has 0 atom stereocenters. The van der Waals surface area contributed by atoms with E-state index in [-0.39, 0.29) is 11.4 Å². The molecule has 2 aromatic carbocycles. The number of phenols is 1. The molecule has 2 rings (SSSR count). The Hall–Kier alpha value is -2.26. The largest absolute Gasteiger partial charge is 0.504 e. The zero-order valence-corrected chi connectivity index (χ0v) is 14.7. The van der Waals surface area contributed by atoms with Gasteiger partial charge < -0.3 is 14.6 Å². The molecule has 0 bridgehead atoms. The molecular formula is C21H26O3. The molecule has 3 nitrogen and oxygen atoms in total. The number of hydrogen-bond donors (Lipinski definition) is 1. The summed E-state index contributed by atoms with van der Waals surface area (Å²) in [5.74, 6) is 0.620. The zero-order chi connectivity index (χ0) is 17.4. The van der Waals surface area contributed by atoms with E-state index in [4.69, 9.17) is 9.47 Å². The number of methoxy groups -OCH3 is 1. The van der Waals surface area contributed by atoms with Gasteiger partial charge in [-0.3, -0.25) is 0 Å². The predicted molar refractivity (Wildman–Crippen MR) is 98.5 cm³/mol. The van der Waals surface area contributed by atoms with Crippen molar-refractivity contribution < 1.29 is 14.6 Å². The number of aromatic hydroxyl groups is 1. The Labute approximate surface area is 144 Å². The normalized spacial score (nSPS) is 11.8. The van der Waals surface area contributed by atoms with E-state index in [2.05, 4.69) is 38.1 Å². The Balaban J connectivity index is 1.81. The first-order valence-corrected chi connectivity index (χ1v) is 8.21. The van der Waals surface area contributed by atoms with E-state index in [0.29, 0.717) is 12.4 Å². The van der Waals surface area contributed by atoms with Crippen LogP contribution in [-0.2, 0) is 11.2 Å². The highest BCUT2D eigenvalue weighted by atomic mass is 16.5. The fraction of sp³-hybridized carbons (Fsp3) is 0.333. The molecule has 0 fully saturated rings. The molecule has 1 N–H and O–H groups in total. The Morgan fingerprint density at radius 1 is 1.08 bits per heavy atom. The highest BCUT2D eigenvalue weighted by Crippen LogP contribution is 2.26. The highest BCUT2D eigenvalue weighted by Gasteiger charge is 2.17. The van der Waals surface area contributed by atoms with Crippen LogP contribution in [0.25, 0.3) is 6.08 Å². The Kier molecular flexibility index (Phi) is 6.44. The summed E-state index contributed by atoms with van der Waals surface area (Å²) in [6, 6.07) is 15.7. The summed E-state index contributed by atoms with van der Waals surface area (Å²) in [4.78, 5) is 0. The van der Waals surface area contributed by atoms with Crippen LogP contribution in [0.3, 0.4) is 0 Å². The molecule has 0 spiro atoms. The summed E-state index contributed by atoms with van der Waals surface area (Å²) in [7, 11) is 1.54. The van der Waals surface area contributed by atoms with Crippen LogP contribution in [0.2, 0.25) is 0 Å². The minimum absolute atomic E-state index is 0.146. The van der Waals surface area contributed by atoms with Crippen molar-refractivity contribution in [2.75, 3.05) is 13.7 Å². The Morgan fingerprint density at radius 2 is 1.83 bits per heavy atom. The van der Waals surface area contributed by atoms with Crippen molar-refractivity contribution in [1.82, 2.24) is 0 Å². The monoisotopic (exact) mass is 326 g/mol. The molecule has 0 unspecified atom stereocenters. The molecule has 0 amide bonds. The first-order chi connectivity index (χ1) is 11.5. The standard InChI is InChI=1S/C21H26O3/c1-21(2,14-13-17-8-5-4-6-9-17)24-15-7-10-18-11-12-19(22)20(16-18)23-3/h4-12,16,22H,13-15H2,1-3H3/b10-7+. The molecule has 3 heteroatoms. The summed E-state index contributed by atoms with van der Waals surface area (Å²) >= 11 is 0. The lowest BCUT2D eigenvalue weighted by Gasteiger charge is -2.24. The molecule has 0 aromatic heterocycles. The summed E-state index contributed by atoms with van der Waals surface area (Å²) in [6.45, 7) is 4.78. The van der Waals surface area contributed by atoms with Gasteiger partial charge in [-0.1, -0.05) is 48.6 Å². The molecule has 2 aromatic rings. The lowest BCUT2D eigenvalue weighted by molar-refractivity contribution is -0.00672. The number of benzene rings is 2. The number of phenolic OH excluding ortho intramolecular Hbond substituents is 1. The molecule has 0 saturated heterocycles. The van der Waals surface area contributed by atoms with Gasteiger partial charge in [0.15, 0.2) is 11.5 Å². The van der Waals surface area contributed by atoms with Crippen molar-refractivity contribution >= 4 is 6.08 Å². The predicted octanol–water partition coefficient (Wildman–Crippen LogP) is 4.84. The lowest BCUT2D eigenvalue weighted by atomic mass is 9.98. The van der Waals surface area contributed by atoms with Gasteiger partial charge in [-0.15, -0.1) is 0 Å². The minimum Gasteiger partial charge on any atom is -0.504 e. The van der Waals surface area contributed by atoms with Gasteiger partial charge in [0.05, 0.1) is 19.3 Å². The van der Waals surface area contributed by atoms with Gasteiger partial charge in [-0.05, 0) is 49.9 Å². The third-order valence-corrected chi connectivity index (χ3v) is 3.94. The molecule has 0 radical (unpaired) electrons. The topological polar surface area (TPSA) is 38.7 Å². The fourth-order valence-corrected chi connectivity index (χ4v) is 2.42. The van der Waals surface area contributed by atoms with Crippen molar-refractivity contribution in [1.29, 1.82) is 0 Å². The first kappa shape index (κ1) is 18.1. The quantitative estimate of drug-likeness (QED) is 0.754. The third kappa shape index (κ3) is 5.74. The first-order valence-electron chi connectivity index (χ1n) is 8.21. The van der Waals surface area contributed by atoms with Gasteiger partial charge in [-0.25, -0.2) is 0 Å². The average molecular weight is 326 g/mol. The van der Waals surface area contributed by atoms with Crippen LogP contribution in [0.5, 0.6) is 11.5 Å². The molecule has 0 aliphatic carbocycles. The molecule has 0 aliphatic rings. The maximum atomic E-state index is 9.59. The van der Waals surface area contributed by atoms with E-state index >= 15 is 0 Å². The van der Waals surface area contributed by atoms with Gasteiger partial charge >= 0.3 is 0 Å². The van der Waals surface area contributed by atoms with Crippen molar-refractivity contribution in [3.05, 3.63) is 65.7 Å². The summed E-state index contributed by atoms with van der Waals surface area (Å²) in [5.41, 5.74) is 2.13. The van der Waals surface area contributed by atoms with Crippen LogP contribution in [0.15, 0.2) is 54.6 Å². The van der Waals surface area contributed by atoms with Crippen LogP contribution >= 0.6 is 0 Å². The smallest absolute Gasteiger partial charge is 0.161 e. The van der Waals surface area contributed by atoms with E-state index in [0.717, 1.165) is 18.4 Å². The maximum Gasteiger partial charge on any atom is 0.161 e. The van der Waals surface area contributed by atoms with Crippen LogP contribution < -0.4 is 4.74 Å². The molecule has 0 heterocycles. The second-order valence-corrected chi connectivity index (χ2v) is 6.39. The van der Waals surface area contributed by atoms with Crippen LogP contribution in [-0.4, -0.2) is 24.4 Å². The van der Waals surface area contributed by atoms with Crippen molar-refractivity contribution in [3.63, 3.8) is 0 Å². The highest BCUT2D eigenvalue weighted by molar-refractivity contribution is 5.55. The molecule has 128 valence electrons. The lowest BCUT2D eigenvalue weighted by Crippen LogP contribution is -2.25. The minimum atomic E-state index is -0.174. The van der Waals surface area contributed by atoms with Crippen LogP contribution in [0.1, 0.15) is 31.4 Å². The molecule has 24 heavy (non-hydrogen) atoms. The summed E-state index contributed by atoms with van der Waals surface area (Å²) < 4.78 is 11.1. The van der Waals surface area contributed by atoms with Crippen molar-refractivity contribution in [2.45, 2.75) is 32.3 Å². The van der Waals surface area contributed by atoms with E-state index in [9.17, 15) is 5.11 Å². The van der Waals surface area contributed by atoms with Crippen LogP contribution in [0, 0.1) is 0 Å². The van der Waals surface area contributed by atoms with Gasteiger partial charge in [-0.2, -0.15) is 0 Å². The average Bonchev–Trinajstić information content (AvgIpc) is 2.59. The second-order valence-electron chi connectivity index (χ2n) is 6.39. The maximum absolute atomic E-state index is 9.59. The second kappa shape index (κ2) is 8.55. The van der Waals surface area contributed by atoms with E-state index in [1.165, 1.54) is 5.56 Å². The number of hydrogen-bond acceptors (Lipinski definition) is 3. The molecular weight excluding hydrogens is 300 g/mol. The van der Waals surface area contributed by atoms with Gasteiger partial charge in [0, 0.05) is 0 Å². The van der Waals surface area contributed by atoms with E-state index in [1.807, 2.05) is 24.3 Å². The van der Waals surface area contributed by atoms with Gasteiger partial charge in [0.1, 0.15) is 0 Å². The van der Waals surface area contributed by atoms with Gasteiger partial charge in [0.25, 0.3) is 0 Å². The zero-order valence-electron chi connectivity index (χ0n) is 14.7. The van der Waals surface area contributed by atoms with E-state index in [1.54, 1.807) is 19.2 Å². The Bertz CT molecular complexity index is 660. The van der Waals surface area contributed by atoms with Crippen LogP contribution in [0.4, 0.5) is 0 Å². The Morgan fingerprint density at radius 3 is 2.54 bits per heavy atom. The summed E-state index contributed by atoms with van der Waals surface area (Å²) in [6.07, 6.45) is 5.93. The SMILES string of the molecule is COc1cc(/C=C/COC(C)(C)CCc2ccccc2)ccc1O. The third-order valence-electron chi connectivity index (χ3n) is 3.94. The number of ether oxygens (including phenoxy) is 2. The van der Waals surface area contributed by atoms with Crippen molar-refractivity contribution in [3.8, 4) is 11.5 Å². The van der Waals surface area contributed by atoms with E-state index < -0.39 is 0 Å². The number of aryl methyl sites for hydroxylation is 1. The van der Waals surface area contributed by atoms with Gasteiger partial charge in [0.2, 0.25) is 0 Å². The molecule has 0 saturated carbocycles.